The number of benzene rings is 1. The molecule has 0 saturated carbocycles. The molecule has 0 radical (unpaired) electrons. The number of rotatable bonds is 3. The predicted molar refractivity (Wildman–Crippen MR) is 83.0 cm³/mol. The van der Waals surface area contributed by atoms with E-state index in [1.165, 1.54) is 6.07 Å². The van der Waals surface area contributed by atoms with Crippen molar-refractivity contribution in [2.45, 2.75) is 32.7 Å². The quantitative estimate of drug-likeness (QED) is 0.898. The van der Waals surface area contributed by atoms with Gasteiger partial charge < -0.3 is 15.5 Å². The maximum atomic E-state index is 13.6. The molecule has 5 nitrogen and oxygen atoms in total. The zero-order valence-electron chi connectivity index (χ0n) is 13.2. The number of carbonyl (C=O) groups is 2. The second-order valence-corrected chi connectivity index (χ2v) is 5.98. The van der Waals surface area contributed by atoms with Gasteiger partial charge in [0.1, 0.15) is 11.6 Å². The maximum absolute atomic E-state index is 13.6. The first-order valence-electron chi connectivity index (χ1n) is 7.68. The average molecular weight is 325 g/mol. The van der Waals surface area contributed by atoms with Gasteiger partial charge in [-0.05, 0) is 38.8 Å². The van der Waals surface area contributed by atoms with E-state index in [1.807, 2.05) is 13.8 Å². The van der Waals surface area contributed by atoms with Crippen LogP contribution in [0.4, 0.5) is 19.3 Å². The van der Waals surface area contributed by atoms with Crippen molar-refractivity contribution in [3.05, 3.63) is 29.8 Å². The van der Waals surface area contributed by atoms with Crippen LogP contribution in [0, 0.1) is 17.6 Å². The van der Waals surface area contributed by atoms with Crippen LogP contribution in [-0.2, 0) is 4.79 Å². The second-order valence-electron chi connectivity index (χ2n) is 5.98. The van der Waals surface area contributed by atoms with Crippen LogP contribution in [0.2, 0.25) is 0 Å². The number of hydrogen-bond donors (Lipinski definition) is 2. The Balaban J connectivity index is 1.87. The highest BCUT2D eigenvalue weighted by Gasteiger charge is 2.27. The van der Waals surface area contributed by atoms with Crippen molar-refractivity contribution in [3.8, 4) is 0 Å². The van der Waals surface area contributed by atoms with Crippen molar-refractivity contribution >= 4 is 17.6 Å². The third-order valence-electron chi connectivity index (χ3n) is 3.75. The lowest BCUT2D eigenvalue weighted by atomic mass is 9.96. The largest absolute Gasteiger partial charge is 0.336 e. The highest BCUT2D eigenvalue weighted by Crippen LogP contribution is 2.21. The van der Waals surface area contributed by atoms with Crippen LogP contribution in [0.15, 0.2) is 18.2 Å². The summed E-state index contributed by atoms with van der Waals surface area (Å²) in [5.41, 5.74) is -0.0311. The number of nitrogens with one attached hydrogen (secondary N) is 2. The van der Waals surface area contributed by atoms with E-state index in [0.717, 1.165) is 12.1 Å². The Labute approximate surface area is 134 Å². The fraction of sp³-hybridized carbons (Fsp3) is 0.500. The molecule has 23 heavy (non-hydrogen) atoms. The van der Waals surface area contributed by atoms with Gasteiger partial charge in [0.15, 0.2) is 0 Å². The van der Waals surface area contributed by atoms with Crippen LogP contribution in [0.3, 0.4) is 0 Å². The molecule has 1 fully saturated rings. The Morgan fingerprint density at radius 1 is 1.22 bits per heavy atom. The normalized spacial score (nSPS) is 15.6. The summed E-state index contributed by atoms with van der Waals surface area (Å²) < 4.78 is 26.4. The van der Waals surface area contributed by atoms with Gasteiger partial charge in [-0.2, -0.15) is 0 Å². The highest BCUT2D eigenvalue weighted by molar-refractivity contribution is 5.92. The lowest BCUT2D eigenvalue weighted by Gasteiger charge is -2.32. The van der Waals surface area contributed by atoms with Gasteiger partial charge in [-0.3, -0.25) is 4.79 Å². The summed E-state index contributed by atoms with van der Waals surface area (Å²) >= 11 is 0. The fourth-order valence-electron chi connectivity index (χ4n) is 2.51. The van der Waals surface area contributed by atoms with E-state index < -0.39 is 11.6 Å². The topological polar surface area (TPSA) is 61.4 Å². The molecule has 0 spiro atoms. The summed E-state index contributed by atoms with van der Waals surface area (Å²) in [7, 11) is 0. The summed E-state index contributed by atoms with van der Waals surface area (Å²) in [6, 6.07) is 2.95. The molecular formula is C16H21F2N3O2. The van der Waals surface area contributed by atoms with Crippen LogP contribution >= 0.6 is 0 Å². The monoisotopic (exact) mass is 325 g/mol. The number of anilines is 1. The third kappa shape index (κ3) is 4.64. The van der Waals surface area contributed by atoms with Gasteiger partial charge in [0, 0.05) is 31.1 Å². The first-order chi connectivity index (χ1) is 10.9. The number of halogens is 2. The molecule has 1 saturated heterocycles. The van der Waals surface area contributed by atoms with Crippen LogP contribution < -0.4 is 10.6 Å². The van der Waals surface area contributed by atoms with Crippen LogP contribution in [0.5, 0.6) is 0 Å². The summed E-state index contributed by atoms with van der Waals surface area (Å²) in [6.45, 7) is 4.72. The summed E-state index contributed by atoms with van der Waals surface area (Å²) in [4.78, 5) is 25.7. The average Bonchev–Trinajstić information content (AvgIpc) is 2.49. The number of nitrogens with zero attached hydrogens (tertiary/aromatic N) is 1. The Kier molecular flexibility index (Phi) is 5.52. The maximum Gasteiger partial charge on any atom is 0.317 e. The Morgan fingerprint density at radius 2 is 1.87 bits per heavy atom. The number of likely N-dealkylation sites (tertiary alicyclic amines) is 1. The fourth-order valence-corrected chi connectivity index (χ4v) is 2.51. The van der Waals surface area contributed by atoms with Crippen LogP contribution in [-0.4, -0.2) is 36.0 Å². The molecule has 0 bridgehead atoms. The Morgan fingerprint density at radius 3 is 2.43 bits per heavy atom. The molecule has 0 aromatic heterocycles. The standard InChI is InChI=1S/C16H21F2N3O2/c1-10(2)19-16(23)21-7-5-11(6-8-21)15(22)20-14-4-3-12(17)9-13(14)18/h3-4,9-11H,5-8H2,1-2H3,(H,19,23)(H,20,22). The molecule has 1 aliphatic rings. The van der Waals surface area contributed by atoms with Gasteiger partial charge in [0.25, 0.3) is 0 Å². The third-order valence-corrected chi connectivity index (χ3v) is 3.75. The first kappa shape index (κ1) is 17.2. The zero-order chi connectivity index (χ0) is 17.0. The molecule has 1 aromatic carbocycles. The number of piperidine rings is 1. The molecule has 0 aliphatic carbocycles. The summed E-state index contributed by atoms with van der Waals surface area (Å²) in [5, 5.41) is 5.29. The van der Waals surface area contributed by atoms with Gasteiger partial charge in [-0.15, -0.1) is 0 Å². The predicted octanol–water partition coefficient (Wildman–Crippen LogP) is 2.73. The lowest BCUT2D eigenvalue weighted by Crippen LogP contribution is -2.47. The first-order valence-corrected chi connectivity index (χ1v) is 7.68. The molecule has 3 amide bonds. The van der Waals surface area contributed by atoms with Crippen molar-refractivity contribution in [2.24, 2.45) is 5.92 Å². The van der Waals surface area contributed by atoms with Crippen molar-refractivity contribution in [3.63, 3.8) is 0 Å². The van der Waals surface area contributed by atoms with E-state index in [9.17, 15) is 18.4 Å². The van der Waals surface area contributed by atoms with E-state index in [4.69, 9.17) is 0 Å². The lowest BCUT2D eigenvalue weighted by molar-refractivity contribution is -0.121. The molecule has 1 heterocycles. The number of amides is 3. The van der Waals surface area contributed by atoms with E-state index >= 15 is 0 Å². The molecule has 2 N–H and O–H groups in total. The van der Waals surface area contributed by atoms with Gasteiger partial charge >= 0.3 is 6.03 Å². The SMILES string of the molecule is CC(C)NC(=O)N1CCC(C(=O)Nc2ccc(F)cc2F)CC1. The minimum Gasteiger partial charge on any atom is -0.336 e. The number of carbonyl (C=O) groups excluding carboxylic acids is 2. The molecule has 0 unspecified atom stereocenters. The van der Waals surface area contributed by atoms with Gasteiger partial charge in [0.2, 0.25) is 5.91 Å². The van der Waals surface area contributed by atoms with Crippen LogP contribution in [0.1, 0.15) is 26.7 Å². The molecule has 0 atom stereocenters. The van der Waals surface area contributed by atoms with Crippen molar-refractivity contribution < 1.29 is 18.4 Å². The Bertz CT molecular complexity index is 585. The van der Waals surface area contributed by atoms with Gasteiger partial charge in [-0.25, -0.2) is 13.6 Å². The Hall–Kier alpha value is -2.18. The van der Waals surface area contributed by atoms with Crippen molar-refractivity contribution in [2.75, 3.05) is 18.4 Å². The van der Waals surface area contributed by atoms with Gasteiger partial charge in [0.05, 0.1) is 5.69 Å². The van der Waals surface area contributed by atoms with Crippen LogP contribution in [0.25, 0.3) is 0 Å². The van der Waals surface area contributed by atoms with E-state index in [1.54, 1.807) is 4.90 Å². The second kappa shape index (κ2) is 7.39. The molecular weight excluding hydrogens is 304 g/mol. The molecule has 1 aliphatic heterocycles. The smallest absolute Gasteiger partial charge is 0.317 e. The van der Waals surface area contributed by atoms with Crippen molar-refractivity contribution in [1.82, 2.24) is 10.2 Å². The highest BCUT2D eigenvalue weighted by atomic mass is 19.1. The zero-order valence-corrected chi connectivity index (χ0v) is 13.2. The minimum atomic E-state index is -0.799. The molecule has 126 valence electrons. The van der Waals surface area contributed by atoms with Gasteiger partial charge in [-0.1, -0.05) is 0 Å². The number of urea groups is 1. The summed E-state index contributed by atoms with van der Waals surface area (Å²) in [5.74, 6) is -2.08. The van der Waals surface area contributed by atoms with E-state index in [0.29, 0.717) is 25.9 Å². The minimum absolute atomic E-state index is 0.0311. The number of hydrogen-bond acceptors (Lipinski definition) is 2. The van der Waals surface area contributed by atoms with E-state index in [2.05, 4.69) is 10.6 Å². The molecule has 7 heteroatoms. The molecule has 1 aromatic rings. The molecule has 2 rings (SSSR count). The van der Waals surface area contributed by atoms with Crippen molar-refractivity contribution in [1.29, 1.82) is 0 Å². The summed E-state index contributed by atoms with van der Waals surface area (Å²) in [6.07, 6.45) is 1.03. The van der Waals surface area contributed by atoms with E-state index in [-0.39, 0.29) is 29.6 Å².